The molecule has 31 heavy (non-hydrogen) atoms. The number of nitrogens with one attached hydrogen (secondary N) is 4. The topological polar surface area (TPSA) is 115 Å². The van der Waals surface area contributed by atoms with E-state index in [1.165, 1.54) is 0 Å². The second-order valence-corrected chi connectivity index (χ2v) is 7.72. The molecule has 1 fully saturated rings. The Morgan fingerprint density at radius 1 is 1.19 bits per heavy atom. The summed E-state index contributed by atoms with van der Waals surface area (Å²) in [6.45, 7) is 7.56. The van der Waals surface area contributed by atoms with Gasteiger partial charge in [0.1, 0.15) is 11.5 Å². The van der Waals surface area contributed by atoms with Crippen LogP contribution in [0.15, 0.2) is 36.7 Å². The predicted molar refractivity (Wildman–Crippen MR) is 120 cm³/mol. The Morgan fingerprint density at radius 2 is 2.03 bits per heavy atom. The van der Waals surface area contributed by atoms with Crippen LogP contribution in [0, 0.1) is 13.8 Å². The highest BCUT2D eigenvalue weighted by Gasteiger charge is 2.17. The number of pyridine rings is 2. The molecule has 5 heterocycles. The molecule has 4 N–H and O–H groups in total. The van der Waals surface area contributed by atoms with Crippen molar-refractivity contribution in [1.29, 1.82) is 0 Å². The van der Waals surface area contributed by atoms with Crippen LogP contribution >= 0.6 is 0 Å². The Kier molecular flexibility index (Phi) is 4.87. The summed E-state index contributed by atoms with van der Waals surface area (Å²) in [5.74, 6) is 0.703. The quantitative estimate of drug-likeness (QED) is 0.407. The molecule has 1 aliphatic rings. The van der Waals surface area contributed by atoms with Crippen LogP contribution in [0.2, 0.25) is 0 Å². The summed E-state index contributed by atoms with van der Waals surface area (Å²) in [5, 5.41) is 14.1. The van der Waals surface area contributed by atoms with Crippen molar-refractivity contribution in [3.8, 4) is 11.3 Å². The lowest BCUT2D eigenvalue weighted by molar-refractivity contribution is 0.102. The number of carbonyl (C=O) groups excluding carboxylic acids is 1. The van der Waals surface area contributed by atoms with E-state index in [4.69, 9.17) is 4.98 Å². The third kappa shape index (κ3) is 3.64. The minimum Gasteiger partial charge on any atom is -0.354 e. The second-order valence-electron chi connectivity index (χ2n) is 7.72. The zero-order valence-corrected chi connectivity index (χ0v) is 17.5. The summed E-state index contributed by atoms with van der Waals surface area (Å²) in [6.07, 6.45) is 3.55. The molecule has 5 rings (SSSR count). The summed E-state index contributed by atoms with van der Waals surface area (Å²) >= 11 is 0. The van der Waals surface area contributed by atoms with Crippen molar-refractivity contribution in [1.82, 2.24) is 30.5 Å². The minimum atomic E-state index is -0.265. The molecule has 9 nitrogen and oxygen atoms in total. The van der Waals surface area contributed by atoms with Gasteiger partial charge in [-0.05, 0) is 32.0 Å². The van der Waals surface area contributed by atoms with E-state index < -0.39 is 0 Å². The van der Waals surface area contributed by atoms with Crippen LogP contribution in [0.4, 0.5) is 11.5 Å². The van der Waals surface area contributed by atoms with Gasteiger partial charge in [0.15, 0.2) is 5.69 Å². The molecular formula is C22H24N8O. The Hall–Kier alpha value is -3.72. The third-order valence-corrected chi connectivity index (χ3v) is 5.71. The number of hydrogen-bond donors (Lipinski definition) is 4. The van der Waals surface area contributed by atoms with E-state index in [1.807, 2.05) is 44.3 Å². The molecular weight excluding hydrogens is 392 g/mol. The van der Waals surface area contributed by atoms with Crippen molar-refractivity contribution in [3.63, 3.8) is 0 Å². The number of piperazine rings is 1. The number of nitrogens with zero attached hydrogens (tertiary/aromatic N) is 4. The summed E-state index contributed by atoms with van der Waals surface area (Å²) < 4.78 is 0. The fraction of sp³-hybridized carbons (Fsp3) is 0.273. The molecule has 158 valence electrons. The molecule has 0 spiro atoms. The maximum Gasteiger partial charge on any atom is 0.276 e. The van der Waals surface area contributed by atoms with E-state index in [0.717, 1.165) is 65.5 Å². The Bertz CT molecular complexity index is 1250. The predicted octanol–water partition coefficient (Wildman–Crippen LogP) is 2.63. The van der Waals surface area contributed by atoms with E-state index in [-0.39, 0.29) is 5.91 Å². The second kappa shape index (κ2) is 7.84. The molecule has 0 unspecified atom stereocenters. The lowest BCUT2D eigenvalue weighted by atomic mass is 10.1. The Morgan fingerprint density at radius 3 is 2.81 bits per heavy atom. The fourth-order valence-corrected chi connectivity index (χ4v) is 3.82. The number of anilines is 2. The highest BCUT2D eigenvalue weighted by atomic mass is 16.1. The van der Waals surface area contributed by atoms with Crippen LogP contribution in [-0.2, 0) is 0 Å². The molecule has 4 aromatic rings. The van der Waals surface area contributed by atoms with Crippen LogP contribution < -0.4 is 15.5 Å². The molecule has 1 amide bonds. The van der Waals surface area contributed by atoms with Gasteiger partial charge in [-0.3, -0.25) is 9.89 Å². The smallest absolute Gasteiger partial charge is 0.276 e. The maximum atomic E-state index is 12.6. The van der Waals surface area contributed by atoms with Gasteiger partial charge in [0.25, 0.3) is 5.91 Å². The summed E-state index contributed by atoms with van der Waals surface area (Å²) in [6, 6.07) is 7.98. The minimum absolute atomic E-state index is 0.265. The normalized spacial score (nSPS) is 14.2. The number of hydrogen-bond acceptors (Lipinski definition) is 6. The molecule has 0 aliphatic carbocycles. The van der Waals surface area contributed by atoms with Gasteiger partial charge in [-0.25, -0.2) is 9.97 Å². The summed E-state index contributed by atoms with van der Waals surface area (Å²) in [5.41, 5.74) is 5.27. The molecule has 0 saturated carbocycles. The molecule has 9 heteroatoms. The number of H-pyrrole nitrogens is 2. The summed E-state index contributed by atoms with van der Waals surface area (Å²) in [4.78, 5) is 27.5. The van der Waals surface area contributed by atoms with Crippen LogP contribution in [0.5, 0.6) is 0 Å². The summed E-state index contributed by atoms with van der Waals surface area (Å²) in [7, 11) is 0. The van der Waals surface area contributed by atoms with E-state index in [9.17, 15) is 4.79 Å². The van der Waals surface area contributed by atoms with Crippen molar-refractivity contribution in [2.75, 3.05) is 36.4 Å². The number of rotatable bonds is 4. The maximum absolute atomic E-state index is 12.6. The van der Waals surface area contributed by atoms with Crippen LogP contribution in [0.1, 0.15) is 21.7 Å². The largest absolute Gasteiger partial charge is 0.354 e. The van der Waals surface area contributed by atoms with Crippen LogP contribution in [0.3, 0.4) is 0 Å². The number of aromatic amines is 2. The van der Waals surface area contributed by atoms with Crippen molar-refractivity contribution >= 4 is 28.4 Å². The number of aromatic nitrogens is 5. The average molecular weight is 416 g/mol. The van der Waals surface area contributed by atoms with Crippen LogP contribution in [-0.4, -0.2) is 57.2 Å². The van der Waals surface area contributed by atoms with Gasteiger partial charge < -0.3 is 20.5 Å². The SMILES string of the molecule is Cc1[nH]nc(C(=O)Nc2cnc3[nH]cc(-c4cccc(N5CCNCC5)n4)c3c2)c1C. The van der Waals surface area contributed by atoms with Crippen molar-refractivity contribution in [2.24, 2.45) is 0 Å². The molecule has 0 atom stereocenters. The standard InChI is InChI=1S/C22H24N8O/c1-13-14(2)28-29-20(13)22(31)26-15-10-16-17(12-25-21(16)24-11-15)18-4-3-5-19(27-18)30-8-6-23-7-9-30/h3-5,10-12,23H,6-9H2,1-2H3,(H,24,25)(H,26,31)(H,28,29). The van der Waals surface area contributed by atoms with Crippen molar-refractivity contribution in [3.05, 3.63) is 53.6 Å². The molecule has 1 saturated heterocycles. The van der Waals surface area contributed by atoms with Gasteiger partial charge in [0.2, 0.25) is 0 Å². The first-order valence-electron chi connectivity index (χ1n) is 10.3. The number of amides is 1. The van der Waals surface area contributed by atoms with Gasteiger partial charge in [-0.2, -0.15) is 5.10 Å². The lowest BCUT2D eigenvalue weighted by Crippen LogP contribution is -2.43. The van der Waals surface area contributed by atoms with Crippen LogP contribution in [0.25, 0.3) is 22.3 Å². The first kappa shape index (κ1) is 19.3. The highest BCUT2D eigenvalue weighted by Crippen LogP contribution is 2.29. The van der Waals surface area contributed by atoms with Crippen molar-refractivity contribution in [2.45, 2.75) is 13.8 Å². The van der Waals surface area contributed by atoms with Gasteiger partial charge in [0, 0.05) is 54.6 Å². The zero-order chi connectivity index (χ0) is 21.4. The van der Waals surface area contributed by atoms with E-state index in [1.54, 1.807) is 6.20 Å². The number of fused-ring (bicyclic) bond motifs is 1. The van der Waals surface area contributed by atoms with E-state index >= 15 is 0 Å². The Balaban J connectivity index is 1.45. The van der Waals surface area contributed by atoms with E-state index in [0.29, 0.717) is 11.4 Å². The molecule has 0 radical (unpaired) electrons. The Labute approximate surface area is 179 Å². The first-order valence-corrected chi connectivity index (χ1v) is 10.3. The fourth-order valence-electron chi connectivity index (χ4n) is 3.82. The monoisotopic (exact) mass is 416 g/mol. The van der Waals surface area contributed by atoms with Gasteiger partial charge in [-0.1, -0.05) is 6.07 Å². The number of aryl methyl sites for hydroxylation is 1. The van der Waals surface area contributed by atoms with E-state index in [2.05, 4.69) is 35.7 Å². The molecule has 4 aromatic heterocycles. The highest BCUT2D eigenvalue weighted by molar-refractivity contribution is 6.05. The number of carbonyl (C=O) groups is 1. The van der Waals surface area contributed by atoms with Gasteiger partial charge >= 0.3 is 0 Å². The average Bonchev–Trinajstić information content (AvgIpc) is 3.37. The van der Waals surface area contributed by atoms with Gasteiger partial charge in [-0.15, -0.1) is 0 Å². The molecule has 1 aliphatic heterocycles. The zero-order valence-electron chi connectivity index (χ0n) is 17.5. The first-order chi connectivity index (χ1) is 15.1. The van der Waals surface area contributed by atoms with Crippen molar-refractivity contribution < 1.29 is 4.79 Å². The molecule has 0 bridgehead atoms. The third-order valence-electron chi connectivity index (χ3n) is 5.71. The molecule has 0 aromatic carbocycles. The lowest BCUT2D eigenvalue weighted by Gasteiger charge is -2.28. The van der Waals surface area contributed by atoms with Gasteiger partial charge in [0.05, 0.1) is 17.6 Å².